The minimum atomic E-state index is 0. The summed E-state index contributed by atoms with van der Waals surface area (Å²) in [6.45, 7) is 4.46. The van der Waals surface area contributed by atoms with Gasteiger partial charge in [-0.25, -0.2) is 0 Å². The van der Waals surface area contributed by atoms with E-state index < -0.39 is 0 Å². The molecule has 1 aliphatic heterocycles. The smallest absolute Gasteiger partial charge is 0.254 e. The fourth-order valence-electron chi connectivity index (χ4n) is 2.59. The fourth-order valence-corrected chi connectivity index (χ4v) is 2.59. The summed E-state index contributed by atoms with van der Waals surface area (Å²) in [7, 11) is 0. The third-order valence-corrected chi connectivity index (χ3v) is 4.11. The molecule has 0 aromatic heterocycles. The van der Waals surface area contributed by atoms with Crippen LogP contribution in [0.2, 0.25) is 0 Å². The summed E-state index contributed by atoms with van der Waals surface area (Å²) in [5, 5.41) is 6.16. The summed E-state index contributed by atoms with van der Waals surface area (Å²) in [6, 6.07) is 7.40. The fraction of sp³-hybridized carbons (Fsp3) is 0.500. The Morgan fingerprint density at radius 1 is 1.23 bits per heavy atom. The molecular formula is C16H22ClN3O2. The maximum absolute atomic E-state index is 12.5. The molecule has 0 radical (unpaired) electrons. The monoisotopic (exact) mass is 323 g/mol. The number of anilines is 1. The van der Waals surface area contributed by atoms with Gasteiger partial charge < -0.3 is 15.5 Å². The molecule has 0 unspecified atom stereocenters. The Hall–Kier alpha value is -1.59. The van der Waals surface area contributed by atoms with Gasteiger partial charge in [-0.05, 0) is 44.0 Å². The van der Waals surface area contributed by atoms with Gasteiger partial charge in [-0.2, -0.15) is 0 Å². The number of piperazine rings is 1. The highest BCUT2D eigenvalue weighted by atomic mass is 35.5. The van der Waals surface area contributed by atoms with Crippen LogP contribution in [-0.4, -0.2) is 42.4 Å². The van der Waals surface area contributed by atoms with Crippen LogP contribution in [0.25, 0.3) is 0 Å². The van der Waals surface area contributed by atoms with Crippen LogP contribution in [0.15, 0.2) is 24.3 Å². The Bertz CT molecular complexity index is 543. The van der Waals surface area contributed by atoms with Crippen LogP contribution in [-0.2, 0) is 4.79 Å². The Morgan fingerprint density at radius 3 is 2.50 bits per heavy atom. The summed E-state index contributed by atoms with van der Waals surface area (Å²) in [4.78, 5) is 26.1. The second kappa shape index (κ2) is 7.11. The normalized spacial score (nSPS) is 21.0. The number of carbonyl (C=O) groups excluding carboxylic acids is 2. The lowest BCUT2D eigenvalue weighted by atomic mass is 10.1. The van der Waals surface area contributed by atoms with Gasteiger partial charge in [0.05, 0.1) is 0 Å². The lowest BCUT2D eigenvalue weighted by Crippen LogP contribution is -2.52. The molecule has 1 aromatic carbocycles. The van der Waals surface area contributed by atoms with Crippen molar-refractivity contribution in [1.29, 1.82) is 0 Å². The number of hydrogen-bond donors (Lipinski definition) is 2. The topological polar surface area (TPSA) is 61.4 Å². The Kier molecular flexibility index (Phi) is 5.42. The lowest BCUT2D eigenvalue weighted by molar-refractivity contribution is -0.117. The van der Waals surface area contributed by atoms with Crippen LogP contribution in [0.4, 0.5) is 5.69 Å². The van der Waals surface area contributed by atoms with Crippen LogP contribution >= 0.6 is 12.4 Å². The number of halogens is 1. The second-order valence-corrected chi connectivity index (χ2v) is 5.89. The third-order valence-electron chi connectivity index (χ3n) is 4.11. The van der Waals surface area contributed by atoms with Gasteiger partial charge in [-0.3, -0.25) is 9.59 Å². The van der Waals surface area contributed by atoms with Crippen molar-refractivity contribution < 1.29 is 9.59 Å². The average Bonchev–Trinajstić information content (AvgIpc) is 3.32. The SMILES string of the molecule is C[C@H]1CNCCN1C(=O)c1ccc(NC(=O)C2CC2)cc1.Cl. The van der Waals surface area contributed by atoms with E-state index in [1.165, 1.54) is 0 Å². The van der Waals surface area contributed by atoms with Crippen molar-refractivity contribution >= 4 is 29.9 Å². The van der Waals surface area contributed by atoms with Crippen LogP contribution in [0.5, 0.6) is 0 Å². The predicted octanol–water partition coefficient (Wildman–Crippen LogP) is 1.89. The van der Waals surface area contributed by atoms with E-state index in [-0.39, 0.29) is 36.2 Å². The standard InChI is InChI=1S/C16H21N3O2.ClH/c1-11-10-17-8-9-19(11)16(21)13-4-6-14(7-5-13)18-15(20)12-2-3-12;/h4-7,11-12,17H,2-3,8-10H2,1H3,(H,18,20);1H/t11-;/m0./s1. The molecule has 2 amide bonds. The maximum atomic E-state index is 12.5. The van der Waals surface area contributed by atoms with Gasteiger partial charge in [0, 0.05) is 42.8 Å². The van der Waals surface area contributed by atoms with E-state index in [0.29, 0.717) is 5.56 Å². The van der Waals surface area contributed by atoms with E-state index in [0.717, 1.165) is 38.2 Å². The van der Waals surface area contributed by atoms with E-state index in [1.54, 1.807) is 24.3 Å². The van der Waals surface area contributed by atoms with Gasteiger partial charge in [0.1, 0.15) is 0 Å². The Morgan fingerprint density at radius 2 is 1.91 bits per heavy atom. The van der Waals surface area contributed by atoms with Gasteiger partial charge in [0.25, 0.3) is 5.91 Å². The molecule has 2 N–H and O–H groups in total. The Balaban J connectivity index is 0.00000176. The summed E-state index contributed by atoms with van der Waals surface area (Å²) in [5.41, 5.74) is 1.44. The molecule has 3 rings (SSSR count). The van der Waals surface area contributed by atoms with Crippen molar-refractivity contribution in [3.8, 4) is 0 Å². The van der Waals surface area contributed by atoms with Gasteiger partial charge >= 0.3 is 0 Å². The molecular weight excluding hydrogens is 302 g/mol. The zero-order chi connectivity index (χ0) is 14.8. The van der Waals surface area contributed by atoms with Gasteiger partial charge in [0.15, 0.2) is 0 Å². The summed E-state index contributed by atoms with van der Waals surface area (Å²) in [5.74, 6) is 0.335. The van der Waals surface area contributed by atoms with Gasteiger partial charge in [-0.1, -0.05) is 0 Å². The molecule has 120 valence electrons. The molecule has 1 saturated carbocycles. The van der Waals surface area contributed by atoms with E-state index in [4.69, 9.17) is 0 Å². The number of carbonyl (C=O) groups is 2. The second-order valence-electron chi connectivity index (χ2n) is 5.89. The van der Waals surface area contributed by atoms with Crippen LogP contribution in [0.3, 0.4) is 0 Å². The highest BCUT2D eigenvalue weighted by Gasteiger charge is 2.29. The summed E-state index contributed by atoms with van der Waals surface area (Å²) in [6.07, 6.45) is 1.98. The Labute approximate surface area is 136 Å². The molecule has 5 nitrogen and oxygen atoms in total. The first kappa shape index (κ1) is 16.8. The number of hydrogen-bond acceptors (Lipinski definition) is 3. The quantitative estimate of drug-likeness (QED) is 0.893. The van der Waals surface area contributed by atoms with Crippen LogP contribution in [0, 0.1) is 5.92 Å². The number of amides is 2. The first-order chi connectivity index (χ1) is 10.1. The molecule has 0 bridgehead atoms. The van der Waals surface area contributed by atoms with Crippen LogP contribution < -0.4 is 10.6 Å². The van der Waals surface area contributed by atoms with Crippen molar-refractivity contribution in [2.45, 2.75) is 25.8 Å². The molecule has 22 heavy (non-hydrogen) atoms. The first-order valence-electron chi connectivity index (χ1n) is 7.58. The molecule has 1 heterocycles. The zero-order valence-corrected chi connectivity index (χ0v) is 13.5. The van der Waals surface area contributed by atoms with E-state index in [9.17, 15) is 9.59 Å². The van der Waals surface area contributed by atoms with E-state index in [1.807, 2.05) is 11.8 Å². The molecule has 6 heteroatoms. The summed E-state index contributed by atoms with van der Waals surface area (Å²) >= 11 is 0. The molecule has 0 spiro atoms. The van der Waals surface area contributed by atoms with Crippen molar-refractivity contribution in [2.75, 3.05) is 25.0 Å². The van der Waals surface area contributed by atoms with Gasteiger partial charge in [0.2, 0.25) is 5.91 Å². The van der Waals surface area contributed by atoms with Crippen molar-refractivity contribution in [3.63, 3.8) is 0 Å². The molecule has 1 atom stereocenters. The molecule has 1 saturated heterocycles. The minimum absolute atomic E-state index is 0. The maximum Gasteiger partial charge on any atom is 0.254 e. The highest BCUT2D eigenvalue weighted by molar-refractivity contribution is 5.97. The van der Waals surface area contributed by atoms with E-state index in [2.05, 4.69) is 10.6 Å². The largest absolute Gasteiger partial charge is 0.333 e. The molecule has 2 fully saturated rings. The lowest BCUT2D eigenvalue weighted by Gasteiger charge is -2.34. The average molecular weight is 324 g/mol. The van der Waals surface area contributed by atoms with Crippen molar-refractivity contribution in [2.24, 2.45) is 5.92 Å². The van der Waals surface area contributed by atoms with Gasteiger partial charge in [-0.15, -0.1) is 12.4 Å². The summed E-state index contributed by atoms with van der Waals surface area (Å²) < 4.78 is 0. The molecule has 2 aliphatic rings. The molecule has 1 aliphatic carbocycles. The zero-order valence-electron chi connectivity index (χ0n) is 12.7. The number of nitrogens with zero attached hydrogens (tertiary/aromatic N) is 1. The highest BCUT2D eigenvalue weighted by Crippen LogP contribution is 2.30. The first-order valence-corrected chi connectivity index (χ1v) is 7.58. The van der Waals surface area contributed by atoms with Crippen LogP contribution in [0.1, 0.15) is 30.1 Å². The molecule has 1 aromatic rings. The van der Waals surface area contributed by atoms with E-state index >= 15 is 0 Å². The number of benzene rings is 1. The third kappa shape index (κ3) is 3.78. The number of nitrogens with one attached hydrogen (secondary N) is 2. The van der Waals surface area contributed by atoms with Crippen molar-refractivity contribution in [3.05, 3.63) is 29.8 Å². The minimum Gasteiger partial charge on any atom is -0.333 e. The predicted molar refractivity (Wildman–Crippen MR) is 88.4 cm³/mol. The number of rotatable bonds is 3. The van der Waals surface area contributed by atoms with Crippen molar-refractivity contribution in [1.82, 2.24) is 10.2 Å².